The zero-order chi connectivity index (χ0) is 9.23. The van der Waals surface area contributed by atoms with Crippen LogP contribution in [0.25, 0.3) is 0 Å². The predicted octanol–water partition coefficient (Wildman–Crippen LogP) is 2.84. The van der Waals surface area contributed by atoms with E-state index >= 15 is 0 Å². The van der Waals surface area contributed by atoms with Gasteiger partial charge in [0.05, 0.1) is 0 Å². The molecule has 0 aliphatic rings. The van der Waals surface area contributed by atoms with Gasteiger partial charge in [0.25, 0.3) is 0 Å². The maximum Gasteiger partial charge on any atom is 0.106 e. The highest BCUT2D eigenvalue weighted by atomic mass is 16.1. The lowest BCUT2D eigenvalue weighted by molar-refractivity contribution is -0.0979. The van der Waals surface area contributed by atoms with Gasteiger partial charge in [-0.05, 0) is 18.4 Å². The molecule has 0 saturated carbocycles. The Kier molecular flexibility index (Phi) is 7.25. The van der Waals surface area contributed by atoms with Gasteiger partial charge < -0.3 is 4.79 Å². The number of hydrogen-bond acceptors (Lipinski definition) is 1. The molecule has 0 radical (unpaired) electrons. The van der Waals surface area contributed by atoms with Crippen LogP contribution in [0.15, 0.2) is 30.3 Å². The lowest BCUT2D eigenvalue weighted by atomic mass is 10.1. The summed E-state index contributed by atoms with van der Waals surface area (Å²) in [6.07, 6.45) is 3.83. The van der Waals surface area contributed by atoms with E-state index in [0.717, 1.165) is 0 Å². The maximum atomic E-state index is 8.00. The molecule has 1 aromatic carbocycles. The van der Waals surface area contributed by atoms with Crippen LogP contribution in [0.4, 0.5) is 0 Å². The van der Waals surface area contributed by atoms with Crippen LogP contribution in [0.1, 0.15) is 25.3 Å². The van der Waals surface area contributed by atoms with E-state index in [1.165, 1.54) is 24.8 Å². The lowest BCUT2D eigenvalue weighted by Crippen LogP contribution is -1.81. The summed E-state index contributed by atoms with van der Waals surface area (Å²) in [6.45, 7) is 4.23. The van der Waals surface area contributed by atoms with Gasteiger partial charge in [-0.15, -0.1) is 0 Å². The molecular weight excluding hydrogens is 148 g/mol. The standard InChI is InChI=1S/C10H14.CH2O/c1-2-3-7-10-8-5-4-6-9-10;1-2/h4-6,8-9H,2-3,7H2,1H3;1H2. The van der Waals surface area contributed by atoms with Crippen LogP contribution < -0.4 is 0 Å². The van der Waals surface area contributed by atoms with Crippen LogP contribution in [-0.2, 0) is 11.2 Å². The summed E-state index contributed by atoms with van der Waals surface area (Å²) in [7, 11) is 0. The molecule has 0 N–H and O–H groups in total. The minimum absolute atomic E-state index is 1.23. The Labute approximate surface area is 74.4 Å². The lowest BCUT2D eigenvalue weighted by Gasteiger charge is -1.96. The number of benzene rings is 1. The van der Waals surface area contributed by atoms with E-state index in [-0.39, 0.29) is 0 Å². The number of unbranched alkanes of at least 4 members (excludes halogenated alkanes) is 1. The SMILES string of the molecule is C=O.CCCCc1ccccc1. The van der Waals surface area contributed by atoms with Crippen molar-refractivity contribution in [3.05, 3.63) is 35.9 Å². The van der Waals surface area contributed by atoms with Gasteiger partial charge in [0, 0.05) is 0 Å². The summed E-state index contributed by atoms with van der Waals surface area (Å²) in [6, 6.07) is 10.6. The monoisotopic (exact) mass is 164 g/mol. The Morgan fingerprint density at radius 2 is 1.75 bits per heavy atom. The first-order valence-electron chi connectivity index (χ1n) is 4.26. The van der Waals surface area contributed by atoms with Crippen molar-refractivity contribution < 1.29 is 4.79 Å². The summed E-state index contributed by atoms with van der Waals surface area (Å²) < 4.78 is 0. The van der Waals surface area contributed by atoms with Gasteiger partial charge >= 0.3 is 0 Å². The van der Waals surface area contributed by atoms with E-state index in [1.54, 1.807) is 0 Å². The zero-order valence-electron chi connectivity index (χ0n) is 7.62. The molecule has 1 rings (SSSR count). The van der Waals surface area contributed by atoms with Crippen LogP contribution in [-0.4, -0.2) is 6.79 Å². The smallest absolute Gasteiger partial charge is 0.106 e. The molecule has 1 nitrogen and oxygen atoms in total. The van der Waals surface area contributed by atoms with Crippen LogP contribution in [0.3, 0.4) is 0 Å². The third kappa shape index (κ3) is 4.67. The van der Waals surface area contributed by atoms with E-state index in [2.05, 4.69) is 37.3 Å². The molecule has 1 heteroatoms. The topological polar surface area (TPSA) is 17.1 Å². The Morgan fingerprint density at radius 1 is 1.17 bits per heavy atom. The third-order valence-corrected chi connectivity index (χ3v) is 1.66. The second-order valence-electron chi connectivity index (χ2n) is 2.59. The van der Waals surface area contributed by atoms with Crippen LogP contribution >= 0.6 is 0 Å². The summed E-state index contributed by atoms with van der Waals surface area (Å²) in [5, 5.41) is 0. The van der Waals surface area contributed by atoms with Gasteiger partial charge in [0.2, 0.25) is 0 Å². The largest absolute Gasteiger partial charge is 0.307 e. The first-order chi connectivity index (χ1) is 5.93. The molecule has 1 aromatic rings. The summed E-state index contributed by atoms with van der Waals surface area (Å²) in [5.74, 6) is 0. The van der Waals surface area contributed by atoms with Gasteiger partial charge in [-0.3, -0.25) is 0 Å². The molecular formula is C11H16O. The van der Waals surface area contributed by atoms with Crippen molar-refractivity contribution in [2.45, 2.75) is 26.2 Å². The molecule has 0 fully saturated rings. The van der Waals surface area contributed by atoms with Crippen LogP contribution in [0.2, 0.25) is 0 Å². The van der Waals surface area contributed by atoms with Gasteiger partial charge in [0.1, 0.15) is 6.79 Å². The molecule has 0 atom stereocenters. The van der Waals surface area contributed by atoms with Crippen molar-refractivity contribution in [2.24, 2.45) is 0 Å². The molecule has 0 heterocycles. The fourth-order valence-corrected chi connectivity index (χ4v) is 1.03. The number of carbonyl (C=O) groups excluding carboxylic acids is 1. The molecule has 0 aliphatic heterocycles. The average Bonchev–Trinajstić information content (AvgIpc) is 2.19. The number of carbonyl (C=O) groups is 1. The normalized spacial score (nSPS) is 8.42. The highest BCUT2D eigenvalue weighted by Gasteiger charge is 1.87. The Hall–Kier alpha value is -1.11. The van der Waals surface area contributed by atoms with E-state index in [4.69, 9.17) is 4.79 Å². The van der Waals surface area contributed by atoms with Crippen LogP contribution in [0.5, 0.6) is 0 Å². The second-order valence-corrected chi connectivity index (χ2v) is 2.59. The van der Waals surface area contributed by atoms with Crippen molar-refractivity contribution in [3.63, 3.8) is 0 Å². The maximum absolute atomic E-state index is 8.00. The van der Waals surface area contributed by atoms with E-state index in [0.29, 0.717) is 0 Å². The first kappa shape index (κ1) is 10.9. The summed E-state index contributed by atoms with van der Waals surface area (Å²) in [4.78, 5) is 8.00. The zero-order valence-corrected chi connectivity index (χ0v) is 7.62. The molecule has 66 valence electrons. The van der Waals surface area contributed by atoms with E-state index in [9.17, 15) is 0 Å². The highest BCUT2D eigenvalue weighted by Crippen LogP contribution is 2.03. The van der Waals surface area contributed by atoms with Crippen molar-refractivity contribution in [1.82, 2.24) is 0 Å². The van der Waals surface area contributed by atoms with Gasteiger partial charge in [0.15, 0.2) is 0 Å². The highest BCUT2D eigenvalue weighted by molar-refractivity contribution is 5.14. The Bertz CT molecular complexity index is 181. The predicted molar refractivity (Wildman–Crippen MR) is 52.2 cm³/mol. The van der Waals surface area contributed by atoms with Crippen molar-refractivity contribution >= 4 is 6.79 Å². The average molecular weight is 164 g/mol. The van der Waals surface area contributed by atoms with Gasteiger partial charge in [-0.2, -0.15) is 0 Å². The first-order valence-corrected chi connectivity index (χ1v) is 4.26. The van der Waals surface area contributed by atoms with Crippen molar-refractivity contribution in [3.8, 4) is 0 Å². The third-order valence-electron chi connectivity index (χ3n) is 1.66. The molecule has 0 aromatic heterocycles. The van der Waals surface area contributed by atoms with Gasteiger partial charge in [-0.25, -0.2) is 0 Å². The quantitative estimate of drug-likeness (QED) is 0.671. The van der Waals surface area contributed by atoms with E-state index < -0.39 is 0 Å². The minimum Gasteiger partial charge on any atom is -0.307 e. The Balaban J connectivity index is 0.000000561. The number of rotatable bonds is 3. The van der Waals surface area contributed by atoms with Crippen molar-refractivity contribution in [2.75, 3.05) is 0 Å². The molecule has 0 spiro atoms. The molecule has 0 saturated heterocycles. The molecule has 0 unspecified atom stereocenters. The molecule has 12 heavy (non-hydrogen) atoms. The summed E-state index contributed by atoms with van der Waals surface area (Å²) >= 11 is 0. The fraction of sp³-hybridized carbons (Fsp3) is 0.364. The van der Waals surface area contributed by atoms with E-state index in [1.807, 2.05) is 6.79 Å². The van der Waals surface area contributed by atoms with Gasteiger partial charge in [-0.1, -0.05) is 43.7 Å². The fourth-order valence-electron chi connectivity index (χ4n) is 1.03. The van der Waals surface area contributed by atoms with Crippen molar-refractivity contribution in [1.29, 1.82) is 0 Å². The number of aryl methyl sites for hydroxylation is 1. The second kappa shape index (κ2) is 7.99. The number of hydrogen-bond donors (Lipinski definition) is 0. The Morgan fingerprint density at radius 3 is 2.25 bits per heavy atom. The van der Waals surface area contributed by atoms with Crippen LogP contribution in [0, 0.1) is 0 Å². The molecule has 0 amide bonds. The summed E-state index contributed by atoms with van der Waals surface area (Å²) in [5.41, 5.74) is 1.46. The molecule has 0 bridgehead atoms. The minimum atomic E-state index is 1.23. The molecule has 0 aliphatic carbocycles.